The van der Waals surface area contributed by atoms with Crippen molar-refractivity contribution in [3.05, 3.63) is 23.4 Å². The molecule has 1 heterocycles. The molecule has 2 aliphatic rings. The van der Waals surface area contributed by atoms with Crippen molar-refractivity contribution in [2.45, 2.75) is 32.7 Å². The van der Waals surface area contributed by atoms with E-state index in [0.717, 1.165) is 37.6 Å². The molecule has 100 valence electrons. The number of hydrogen-bond donors (Lipinski definition) is 2. The lowest BCUT2D eigenvalue weighted by Crippen LogP contribution is -2.86. The van der Waals surface area contributed by atoms with Crippen molar-refractivity contribution in [2.24, 2.45) is 16.6 Å². The van der Waals surface area contributed by atoms with Crippen LogP contribution < -0.4 is 11.1 Å². The van der Waals surface area contributed by atoms with Gasteiger partial charge in [-0.15, -0.1) is 0 Å². The number of quaternary nitrogens is 1. The number of guanidine groups is 1. The Morgan fingerprint density at radius 2 is 2.28 bits per heavy atom. The monoisotopic (exact) mass is 249 g/mol. The van der Waals surface area contributed by atoms with Gasteiger partial charge in [-0.3, -0.25) is 5.32 Å². The number of allylic oxidation sites excluding steroid dienone is 1. The molecule has 0 spiro atoms. The molecule has 0 aromatic carbocycles. The molecule has 0 saturated carbocycles. The van der Waals surface area contributed by atoms with Gasteiger partial charge in [-0.25, -0.2) is 4.99 Å². The molecule has 2 unspecified atom stereocenters. The smallest absolute Gasteiger partial charge is 0.297 e. The SMILES string of the molecule is CCC1=CC(N)=CC(CC)C1N=C1[NH2+]CCN1C. The average Bonchev–Trinajstić information content (AvgIpc) is 2.76. The van der Waals surface area contributed by atoms with E-state index in [1.807, 2.05) is 0 Å². The molecule has 0 aromatic rings. The highest BCUT2D eigenvalue weighted by Gasteiger charge is 2.28. The van der Waals surface area contributed by atoms with Crippen LogP contribution >= 0.6 is 0 Å². The molecule has 4 nitrogen and oxygen atoms in total. The molecule has 0 amide bonds. The molecule has 18 heavy (non-hydrogen) atoms. The molecule has 1 aliphatic carbocycles. The van der Waals surface area contributed by atoms with Crippen molar-refractivity contribution in [1.29, 1.82) is 0 Å². The Bertz CT molecular complexity index is 395. The average molecular weight is 249 g/mol. The maximum absolute atomic E-state index is 5.98. The van der Waals surface area contributed by atoms with E-state index in [9.17, 15) is 0 Å². The van der Waals surface area contributed by atoms with Gasteiger partial charge in [0.1, 0.15) is 6.54 Å². The molecule has 1 fully saturated rings. The number of rotatable bonds is 3. The molecule has 4 N–H and O–H groups in total. The largest absolute Gasteiger partial charge is 0.399 e. The number of aliphatic imine (C=N–C) groups is 1. The standard InChI is InChI=1S/C14H24N4/c1-4-10-8-12(15)9-11(5-2)13(10)17-14-16-6-7-18(14)3/h8-10,13H,4-7,15H2,1-3H3,(H,16,17)/p+1. The second kappa shape index (κ2) is 5.57. The first-order valence-corrected chi connectivity index (χ1v) is 6.95. The predicted molar refractivity (Wildman–Crippen MR) is 75.1 cm³/mol. The van der Waals surface area contributed by atoms with Gasteiger partial charge in [0, 0.05) is 18.7 Å². The maximum Gasteiger partial charge on any atom is 0.297 e. The molecule has 0 bridgehead atoms. The summed E-state index contributed by atoms with van der Waals surface area (Å²) >= 11 is 0. The summed E-state index contributed by atoms with van der Waals surface area (Å²) in [7, 11) is 2.12. The molecule has 0 aromatic heterocycles. The van der Waals surface area contributed by atoms with E-state index in [0.29, 0.717) is 5.92 Å². The second-order valence-corrected chi connectivity index (χ2v) is 5.16. The Kier molecular flexibility index (Phi) is 4.07. The fourth-order valence-electron chi connectivity index (χ4n) is 2.74. The van der Waals surface area contributed by atoms with Crippen molar-refractivity contribution < 1.29 is 5.32 Å². The van der Waals surface area contributed by atoms with Crippen LogP contribution in [0.1, 0.15) is 26.7 Å². The third kappa shape index (κ3) is 2.58. The molecule has 2 rings (SSSR count). The number of nitrogens with zero attached hydrogens (tertiary/aromatic N) is 2. The Labute approximate surface area is 110 Å². The van der Waals surface area contributed by atoms with Crippen LogP contribution in [-0.4, -0.2) is 37.0 Å². The molecule has 0 radical (unpaired) electrons. The number of hydrogen-bond acceptors (Lipinski definition) is 2. The third-order valence-corrected chi connectivity index (χ3v) is 3.88. The van der Waals surface area contributed by atoms with Crippen LogP contribution in [0.4, 0.5) is 0 Å². The summed E-state index contributed by atoms with van der Waals surface area (Å²) in [6.45, 7) is 6.60. The Balaban J connectivity index is 2.26. The first-order chi connectivity index (χ1) is 8.65. The molecular formula is C14H25N4+. The van der Waals surface area contributed by atoms with Crippen molar-refractivity contribution in [1.82, 2.24) is 4.90 Å². The maximum atomic E-state index is 5.98. The number of likely N-dealkylation sites (N-methyl/N-ethyl adjacent to an activating group) is 1. The third-order valence-electron chi connectivity index (χ3n) is 3.88. The quantitative estimate of drug-likeness (QED) is 0.762. The first kappa shape index (κ1) is 13.1. The second-order valence-electron chi connectivity index (χ2n) is 5.16. The fraction of sp³-hybridized carbons (Fsp3) is 0.643. The summed E-state index contributed by atoms with van der Waals surface area (Å²) < 4.78 is 0. The zero-order valence-electron chi connectivity index (χ0n) is 11.7. The fourth-order valence-corrected chi connectivity index (χ4v) is 2.74. The Morgan fingerprint density at radius 1 is 1.50 bits per heavy atom. The predicted octanol–water partition coefficient (Wildman–Crippen LogP) is 0.439. The zero-order chi connectivity index (χ0) is 13.1. The van der Waals surface area contributed by atoms with Gasteiger partial charge in [0.15, 0.2) is 0 Å². The molecular weight excluding hydrogens is 224 g/mol. The van der Waals surface area contributed by atoms with E-state index in [1.165, 1.54) is 5.57 Å². The zero-order valence-corrected chi connectivity index (χ0v) is 11.7. The molecule has 4 heteroatoms. The van der Waals surface area contributed by atoms with Crippen molar-refractivity contribution >= 4 is 5.96 Å². The van der Waals surface area contributed by atoms with Gasteiger partial charge >= 0.3 is 0 Å². The minimum atomic E-state index is 0.277. The lowest BCUT2D eigenvalue weighted by atomic mass is 9.85. The highest BCUT2D eigenvalue weighted by atomic mass is 15.3. The highest BCUT2D eigenvalue weighted by Crippen LogP contribution is 2.28. The molecule has 1 saturated heterocycles. The lowest BCUT2D eigenvalue weighted by Gasteiger charge is -2.27. The van der Waals surface area contributed by atoms with Crippen LogP contribution in [0, 0.1) is 5.92 Å². The minimum absolute atomic E-state index is 0.277. The molecule has 1 aliphatic heterocycles. The van der Waals surface area contributed by atoms with Crippen LogP contribution in [0.2, 0.25) is 0 Å². The highest BCUT2D eigenvalue weighted by molar-refractivity contribution is 5.71. The van der Waals surface area contributed by atoms with E-state index >= 15 is 0 Å². The van der Waals surface area contributed by atoms with Gasteiger partial charge in [0.2, 0.25) is 0 Å². The first-order valence-electron chi connectivity index (χ1n) is 6.95. The minimum Gasteiger partial charge on any atom is -0.399 e. The van der Waals surface area contributed by atoms with Crippen LogP contribution in [0.15, 0.2) is 28.4 Å². The van der Waals surface area contributed by atoms with Crippen LogP contribution in [0.5, 0.6) is 0 Å². The summed E-state index contributed by atoms with van der Waals surface area (Å²) in [4.78, 5) is 7.21. The van der Waals surface area contributed by atoms with E-state index in [1.54, 1.807) is 0 Å². The van der Waals surface area contributed by atoms with Gasteiger partial charge in [0.25, 0.3) is 5.96 Å². The van der Waals surface area contributed by atoms with Gasteiger partial charge in [-0.05, 0) is 24.5 Å². The van der Waals surface area contributed by atoms with E-state index in [-0.39, 0.29) is 6.04 Å². The van der Waals surface area contributed by atoms with Crippen LogP contribution in [0.3, 0.4) is 0 Å². The van der Waals surface area contributed by atoms with Gasteiger partial charge in [-0.2, -0.15) is 0 Å². The normalized spacial score (nSPS) is 30.6. The van der Waals surface area contributed by atoms with E-state index < -0.39 is 0 Å². The van der Waals surface area contributed by atoms with Crippen LogP contribution in [-0.2, 0) is 0 Å². The van der Waals surface area contributed by atoms with Crippen molar-refractivity contribution in [3.63, 3.8) is 0 Å². The van der Waals surface area contributed by atoms with Crippen molar-refractivity contribution in [2.75, 3.05) is 20.1 Å². The van der Waals surface area contributed by atoms with Gasteiger partial charge in [0.05, 0.1) is 12.6 Å². The van der Waals surface area contributed by atoms with Gasteiger partial charge in [-0.1, -0.05) is 19.9 Å². The summed E-state index contributed by atoms with van der Waals surface area (Å²) in [6.07, 6.45) is 6.39. The number of nitrogens with two attached hydrogens (primary N) is 2. The van der Waals surface area contributed by atoms with Crippen molar-refractivity contribution in [3.8, 4) is 0 Å². The Hall–Kier alpha value is -1.29. The molecule has 2 atom stereocenters. The lowest BCUT2D eigenvalue weighted by molar-refractivity contribution is -0.528. The summed E-state index contributed by atoms with van der Waals surface area (Å²) in [5.74, 6) is 1.59. The van der Waals surface area contributed by atoms with Crippen LogP contribution in [0.25, 0.3) is 0 Å². The summed E-state index contributed by atoms with van der Waals surface area (Å²) in [5.41, 5.74) is 8.25. The van der Waals surface area contributed by atoms with Gasteiger partial charge < -0.3 is 10.6 Å². The topological polar surface area (TPSA) is 58.2 Å². The summed E-state index contributed by atoms with van der Waals surface area (Å²) in [5, 5.41) is 2.24. The summed E-state index contributed by atoms with van der Waals surface area (Å²) in [6, 6.07) is 0.277. The van der Waals surface area contributed by atoms with E-state index in [4.69, 9.17) is 10.7 Å². The van der Waals surface area contributed by atoms with E-state index in [2.05, 4.69) is 43.3 Å². The Morgan fingerprint density at radius 3 is 2.83 bits per heavy atom.